The number of rotatable bonds is 2. The molecule has 1 heterocycles. The van der Waals surface area contributed by atoms with Crippen LogP contribution in [-0.4, -0.2) is 16.9 Å². The van der Waals surface area contributed by atoms with Crippen LogP contribution < -0.4 is 11.2 Å². The fourth-order valence-electron chi connectivity index (χ4n) is 2.20. The molecule has 0 radical (unpaired) electrons. The molecule has 0 fully saturated rings. The zero-order valence-electron chi connectivity index (χ0n) is 13.1. The van der Waals surface area contributed by atoms with Gasteiger partial charge in [0.15, 0.2) is 0 Å². The van der Waals surface area contributed by atoms with Gasteiger partial charge in [0.1, 0.15) is 5.70 Å². The topological polar surface area (TPSA) is 70.7 Å². The number of hydrogen-bond donors (Lipinski definition) is 2. The Morgan fingerprint density at radius 1 is 1.00 bits per heavy atom. The minimum absolute atomic E-state index is 0.311. The number of guanidine groups is 1. The van der Waals surface area contributed by atoms with Gasteiger partial charge in [-0.25, -0.2) is 15.8 Å². The third kappa shape index (κ3) is 3.30. The van der Waals surface area contributed by atoms with Gasteiger partial charge in [-0.2, -0.15) is 0 Å². The number of benzene rings is 2. The molecule has 116 valence electrons. The molecule has 5 heteroatoms. The van der Waals surface area contributed by atoms with Crippen LogP contribution in [0.3, 0.4) is 0 Å². The van der Waals surface area contributed by atoms with E-state index < -0.39 is 0 Å². The highest BCUT2D eigenvalue weighted by molar-refractivity contribution is 6.16. The fourth-order valence-corrected chi connectivity index (χ4v) is 2.20. The second-order valence-electron chi connectivity index (χ2n) is 5.54. The van der Waals surface area contributed by atoms with Gasteiger partial charge in [-0.3, -0.25) is 4.79 Å². The standard InChI is InChI=1S/C18H18N4O/c1-12-3-7-14(8-4-12)11-16-17(23)22(19)18(21-16)20-15-9-5-13(2)6-10-15/h3-11H,19H2,1-2H3,(H,20,21)/b16-11+. The first-order valence-electron chi connectivity index (χ1n) is 7.33. The summed E-state index contributed by atoms with van der Waals surface area (Å²) in [6.45, 7) is 4.03. The highest BCUT2D eigenvalue weighted by Gasteiger charge is 2.27. The molecule has 2 aromatic rings. The van der Waals surface area contributed by atoms with E-state index in [0.717, 1.165) is 27.4 Å². The SMILES string of the molecule is Cc1ccc(/C=C2/N=C(Nc3ccc(C)cc3)N(N)C2=O)cc1. The van der Waals surface area contributed by atoms with Gasteiger partial charge >= 0.3 is 0 Å². The van der Waals surface area contributed by atoms with Crippen molar-refractivity contribution in [2.75, 3.05) is 5.32 Å². The lowest BCUT2D eigenvalue weighted by Crippen LogP contribution is -2.42. The second kappa shape index (κ2) is 6.06. The van der Waals surface area contributed by atoms with Crippen LogP contribution in [0.25, 0.3) is 6.08 Å². The second-order valence-corrected chi connectivity index (χ2v) is 5.54. The van der Waals surface area contributed by atoms with Crippen molar-refractivity contribution in [2.24, 2.45) is 10.8 Å². The van der Waals surface area contributed by atoms with Crippen LogP contribution in [0.1, 0.15) is 16.7 Å². The maximum absolute atomic E-state index is 12.2. The number of carbonyl (C=O) groups excluding carboxylic acids is 1. The molecular formula is C18H18N4O. The molecule has 0 saturated carbocycles. The van der Waals surface area contributed by atoms with Crippen molar-refractivity contribution in [3.8, 4) is 0 Å². The lowest BCUT2D eigenvalue weighted by Gasteiger charge is -2.12. The van der Waals surface area contributed by atoms with Crippen LogP contribution in [0, 0.1) is 13.8 Å². The number of carbonyl (C=O) groups is 1. The summed E-state index contributed by atoms with van der Waals surface area (Å²) in [6, 6.07) is 15.6. The van der Waals surface area contributed by atoms with E-state index in [1.807, 2.05) is 62.4 Å². The van der Waals surface area contributed by atoms with E-state index in [4.69, 9.17) is 5.84 Å². The molecule has 1 amide bonds. The van der Waals surface area contributed by atoms with Gasteiger partial charge in [0, 0.05) is 5.69 Å². The third-order valence-electron chi connectivity index (χ3n) is 3.58. The van der Waals surface area contributed by atoms with Crippen molar-refractivity contribution in [2.45, 2.75) is 13.8 Å². The normalized spacial score (nSPS) is 16.0. The molecule has 1 aliphatic rings. The fraction of sp³-hybridized carbons (Fsp3) is 0.111. The van der Waals surface area contributed by atoms with Crippen molar-refractivity contribution in [1.29, 1.82) is 0 Å². The van der Waals surface area contributed by atoms with Crippen LogP contribution in [0.5, 0.6) is 0 Å². The van der Waals surface area contributed by atoms with E-state index in [-0.39, 0.29) is 5.91 Å². The van der Waals surface area contributed by atoms with E-state index >= 15 is 0 Å². The minimum atomic E-state index is -0.333. The molecule has 2 aromatic carbocycles. The number of anilines is 1. The molecule has 0 aliphatic carbocycles. The first-order valence-corrected chi connectivity index (χ1v) is 7.33. The summed E-state index contributed by atoms with van der Waals surface area (Å²) < 4.78 is 0. The lowest BCUT2D eigenvalue weighted by atomic mass is 10.1. The van der Waals surface area contributed by atoms with Crippen molar-refractivity contribution < 1.29 is 4.79 Å². The number of amides is 1. The molecule has 0 saturated heterocycles. The average Bonchev–Trinajstić information content (AvgIpc) is 2.80. The number of hydrogen-bond acceptors (Lipinski definition) is 4. The van der Waals surface area contributed by atoms with E-state index in [1.54, 1.807) is 6.08 Å². The van der Waals surface area contributed by atoms with Gasteiger partial charge in [-0.05, 0) is 37.6 Å². The summed E-state index contributed by atoms with van der Waals surface area (Å²) in [6.07, 6.45) is 1.73. The van der Waals surface area contributed by atoms with Crippen molar-refractivity contribution in [3.05, 3.63) is 70.9 Å². The molecule has 0 bridgehead atoms. The highest BCUT2D eigenvalue weighted by Crippen LogP contribution is 2.18. The maximum Gasteiger partial charge on any atom is 0.293 e. The average molecular weight is 306 g/mol. The van der Waals surface area contributed by atoms with Gasteiger partial charge in [-0.15, -0.1) is 0 Å². The largest absolute Gasteiger partial charge is 0.324 e. The summed E-state index contributed by atoms with van der Waals surface area (Å²) in [4.78, 5) is 16.5. The monoisotopic (exact) mass is 306 g/mol. The summed E-state index contributed by atoms with van der Waals surface area (Å²) in [5, 5.41) is 4.09. The first kappa shape index (κ1) is 15.0. The molecular weight excluding hydrogens is 288 g/mol. The molecule has 3 N–H and O–H groups in total. The smallest absolute Gasteiger partial charge is 0.293 e. The number of aryl methyl sites for hydroxylation is 2. The van der Waals surface area contributed by atoms with Crippen molar-refractivity contribution in [1.82, 2.24) is 5.01 Å². The van der Waals surface area contributed by atoms with Gasteiger partial charge in [0.05, 0.1) is 0 Å². The molecule has 3 rings (SSSR count). The van der Waals surface area contributed by atoms with Crippen LogP contribution in [0.4, 0.5) is 5.69 Å². The molecule has 0 atom stereocenters. The summed E-state index contributed by atoms with van der Waals surface area (Å²) >= 11 is 0. The number of aliphatic imine (C=N–C) groups is 1. The Kier molecular flexibility index (Phi) is 3.95. The Bertz CT molecular complexity index is 789. The number of nitrogens with two attached hydrogens (primary N) is 1. The van der Waals surface area contributed by atoms with Gasteiger partial charge in [-0.1, -0.05) is 47.5 Å². The van der Waals surface area contributed by atoms with Crippen LogP contribution in [0.2, 0.25) is 0 Å². The third-order valence-corrected chi connectivity index (χ3v) is 3.58. The van der Waals surface area contributed by atoms with E-state index in [2.05, 4.69) is 10.3 Å². The zero-order chi connectivity index (χ0) is 16.4. The van der Waals surface area contributed by atoms with Gasteiger partial charge in [0.25, 0.3) is 5.91 Å². The van der Waals surface area contributed by atoms with Crippen molar-refractivity contribution in [3.63, 3.8) is 0 Å². The molecule has 1 aliphatic heterocycles. The number of hydrazine groups is 1. The zero-order valence-corrected chi connectivity index (χ0v) is 13.1. The van der Waals surface area contributed by atoms with E-state index in [0.29, 0.717) is 11.7 Å². The molecule has 23 heavy (non-hydrogen) atoms. The molecule has 0 aromatic heterocycles. The Balaban J connectivity index is 1.85. The quantitative estimate of drug-likeness (QED) is 0.509. The van der Waals surface area contributed by atoms with Crippen LogP contribution in [0.15, 0.2) is 59.2 Å². The van der Waals surface area contributed by atoms with E-state index in [9.17, 15) is 4.79 Å². The molecule has 0 spiro atoms. The Morgan fingerprint density at radius 2 is 1.57 bits per heavy atom. The number of nitrogens with one attached hydrogen (secondary N) is 1. The van der Waals surface area contributed by atoms with Crippen LogP contribution >= 0.6 is 0 Å². The summed E-state index contributed by atoms with van der Waals surface area (Å²) in [5.41, 5.74) is 4.37. The highest BCUT2D eigenvalue weighted by atomic mass is 16.2. The first-order chi connectivity index (χ1) is 11.0. The maximum atomic E-state index is 12.2. The predicted octanol–water partition coefficient (Wildman–Crippen LogP) is 2.83. The Labute approximate surface area is 135 Å². The summed E-state index contributed by atoms with van der Waals surface area (Å²) in [5.74, 6) is 5.80. The van der Waals surface area contributed by atoms with E-state index in [1.165, 1.54) is 0 Å². The van der Waals surface area contributed by atoms with Crippen molar-refractivity contribution >= 4 is 23.6 Å². The Morgan fingerprint density at radius 3 is 2.17 bits per heavy atom. The molecule has 5 nitrogen and oxygen atoms in total. The minimum Gasteiger partial charge on any atom is -0.324 e. The Hall–Kier alpha value is -2.92. The predicted molar refractivity (Wildman–Crippen MR) is 92.4 cm³/mol. The van der Waals surface area contributed by atoms with Crippen LogP contribution in [-0.2, 0) is 4.79 Å². The molecule has 0 unspecified atom stereocenters. The van der Waals surface area contributed by atoms with Gasteiger partial charge in [0.2, 0.25) is 5.96 Å². The van der Waals surface area contributed by atoms with Gasteiger partial charge < -0.3 is 5.32 Å². The number of nitrogens with zero attached hydrogens (tertiary/aromatic N) is 2. The lowest BCUT2D eigenvalue weighted by molar-refractivity contribution is -0.122. The summed E-state index contributed by atoms with van der Waals surface area (Å²) in [7, 11) is 0.